The van der Waals surface area contributed by atoms with Gasteiger partial charge in [0.1, 0.15) is 6.10 Å². The highest BCUT2D eigenvalue weighted by Crippen LogP contribution is 1.75. The van der Waals surface area contributed by atoms with Crippen LogP contribution in [0.3, 0.4) is 0 Å². The molecule has 0 saturated heterocycles. The second-order valence-electron chi connectivity index (χ2n) is 1.61. The first-order chi connectivity index (χ1) is 5.37. The second kappa shape index (κ2) is 7.40. The van der Waals surface area contributed by atoms with E-state index in [9.17, 15) is 8.42 Å². The Bertz CT molecular complexity index is 170. The van der Waals surface area contributed by atoms with Crippen molar-refractivity contribution >= 4 is 10.4 Å². The van der Waals surface area contributed by atoms with Crippen LogP contribution in [-0.4, -0.2) is 54.7 Å². The number of rotatable bonds is 3. The minimum Gasteiger partial charge on any atom is -0.394 e. The lowest BCUT2D eigenvalue weighted by Gasteiger charge is -1.96. The van der Waals surface area contributed by atoms with Gasteiger partial charge in [-0.1, -0.05) is 0 Å². The van der Waals surface area contributed by atoms with Crippen molar-refractivity contribution in [2.75, 3.05) is 20.3 Å². The van der Waals surface area contributed by atoms with Crippen molar-refractivity contribution in [1.82, 2.24) is 0 Å². The molecule has 0 aliphatic heterocycles. The van der Waals surface area contributed by atoms with Gasteiger partial charge < -0.3 is 15.3 Å². The summed E-state index contributed by atoms with van der Waals surface area (Å²) in [5.74, 6) is 0. The largest absolute Gasteiger partial charge is 0.397 e. The molecule has 0 saturated carbocycles. The van der Waals surface area contributed by atoms with E-state index in [0.29, 0.717) is 0 Å². The molecule has 0 aromatic carbocycles. The average molecular weight is 204 g/mol. The lowest BCUT2D eigenvalue weighted by molar-refractivity contribution is 0.0450. The third-order valence-corrected chi connectivity index (χ3v) is 1.05. The van der Waals surface area contributed by atoms with Crippen molar-refractivity contribution in [2.24, 2.45) is 0 Å². The van der Waals surface area contributed by atoms with E-state index in [1.165, 1.54) is 0 Å². The molecular formula is C4H12O7S. The molecule has 76 valence electrons. The summed E-state index contributed by atoms with van der Waals surface area (Å²) in [4.78, 5) is 0. The Labute approximate surface area is 70.2 Å². The highest BCUT2D eigenvalue weighted by molar-refractivity contribution is 7.80. The van der Waals surface area contributed by atoms with Gasteiger partial charge in [0.15, 0.2) is 0 Å². The maximum atomic E-state index is 9.33. The predicted molar refractivity (Wildman–Crippen MR) is 38.7 cm³/mol. The molecule has 8 heteroatoms. The summed E-state index contributed by atoms with van der Waals surface area (Å²) in [6.07, 6.45) is -0.954. The first-order valence-electron chi connectivity index (χ1n) is 2.80. The molecule has 0 aromatic rings. The van der Waals surface area contributed by atoms with E-state index >= 15 is 0 Å². The van der Waals surface area contributed by atoms with Crippen LogP contribution < -0.4 is 0 Å². The van der Waals surface area contributed by atoms with Gasteiger partial charge in [0, 0.05) is 0 Å². The number of hydrogen-bond donors (Lipinski definition) is 4. The van der Waals surface area contributed by atoms with E-state index in [1.54, 1.807) is 0 Å². The fourth-order valence-electron chi connectivity index (χ4n) is 0.0577. The molecule has 0 bridgehead atoms. The highest BCUT2D eigenvalue weighted by Gasteiger charge is 1.94. The summed E-state index contributed by atoms with van der Waals surface area (Å²) < 4.78 is 29.7. The van der Waals surface area contributed by atoms with Crippen molar-refractivity contribution in [3.8, 4) is 0 Å². The van der Waals surface area contributed by atoms with Crippen molar-refractivity contribution in [3.63, 3.8) is 0 Å². The molecule has 0 fully saturated rings. The van der Waals surface area contributed by atoms with E-state index in [1.807, 2.05) is 0 Å². The van der Waals surface area contributed by atoms with Gasteiger partial charge in [0.05, 0.1) is 20.3 Å². The maximum absolute atomic E-state index is 9.33. The third-order valence-electron chi connectivity index (χ3n) is 0.632. The number of hydrogen-bond acceptors (Lipinski definition) is 6. The molecule has 0 rings (SSSR count). The van der Waals surface area contributed by atoms with Gasteiger partial charge in [0.2, 0.25) is 0 Å². The standard InChI is InChI=1S/C3H8O3.CH4O4S/c4-1-3(6)2-5;1-5-6(2,3)4/h3-6H,1-2H2;1H3,(H,2,3,4). The van der Waals surface area contributed by atoms with Crippen LogP contribution in [0.4, 0.5) is 0 Å². The van der Waals surface area contributed by atoms with E-state index in [4.69, 9.17) is 19.9 Å². The number of aliphatic hydroxyl groups excluding tert-OH is 3. The third kappa shape index (κ3) is 16.4. The zero-order valence-corrected chi connectivity index (χ0v) is 7.23. The lowest BCUT2D eigenvalue weighted by Crippen LogP contribution is -2.15. The monoisotopic (exact) mass is 204 g/mol. The van der Waals surface area contributed by atoms with Gasteiger partial charge in [-0.3, -0.25) is 8.74 Å². The van der Waals surface area contributed by atoms with Crippen molar-refractivity contribution in [3.05, 3.63) is 0 Å². The molecule has 12 heavy (non-hydrogen) atoms. The molecule has 0 amide bonds. The minimum absolute atomic E-state index is 0.365. The fourth-order valence-corrected chi connectivity index (χ4v) is 0.0577. The topological polar surface area (TPSA) is 124 Å². The molecule has 0 aliphatic rings. The van der Waals surface area contributed by atoms with Crippen molar-refractivity contribution in [2.45, 2.75) is 6.10 Å². The molecule has 4 N–H and O–H groups in total. The van der Waals surface area contributed by atoms with Crippen LogP contribution in [-0.2, 0) is 14.6 Å². The van der Waals surface area contributed by atoms with Crippen molar-refractivity contribution in [1.29, 1.82) is 0 Å². The Hall–Kier alpha value is -0.250. The Balaban J connectivity index is 0. The van der Waals surface area contributed by atoms with E-state index in [0.717, 1.165) is 7.11 Å². The van der Waals surface area contributed by atoms with Gasteiger partial charge in [-0.05, 0) is 0 Å². The highest BCUT2D eigenvalue weighted by atomic mass is 32.3. The van der Waals surface area contributed by atoms with Crippen molar-refractivity contribution < 1.29 is 32.5 Å². The summed E-state index contributed by atoms with van der Waals surface area (Å²) in [5, 5.41) is 24.0. The van der Waals surface area contributed by atoms with Crippen LogP contribution in [0.2, 0.25) is 0 Å². The first kappa shape index (κ1) is 14.3. The summed E-state index contributed by atoms with van der Waals surface area (Å²) in [6.45, 7) is -0.729. The Kier molecular flexibility index (Phi) is 8.81. The first-order valence-corrected chi connectivity index (χ1v) is 4.16. The molecule has 0 radical (unpaired) electrons. The summed E-state index contributed by atoms with van der Waals surface area (Å²) >= 11 is 0. The fraction of sp³-hybridized carbons (Fsp3) is 1.00. The van der Waals surface area contributed by atoms with Crippen LogP contribution >= 0.6 is 0 Å². The Morgan fingerprint density at radius 2 is 1.58 bits per heavy atom. The predicted octanol–water partition coefficient (Wildman–Crippen LogP) is -2.23. The lowest BCUT2D eigenvalue weighted by atomic mass is 10.4. The van der Waals surface area contributed by atoms with Gasteiger partial charge in [-0.2, -0.15) is 8.42 Å². The van der Waals surface area contributed by atoms with Crippen LogP contribution in [0.25, 0.3) is 0 Å². The molecule has 0 atom stereocenters. The Morgan fingerprint density at radius 3 is 1.58 bits per heavy atom. The SMILES string of the molecule is COS(=O)(=O)O.OCC(O)CO. The normalized spacial score (nSPS) is 10.8. The van der Waals surface area contributed by atoms with Gasteiger partial charge in [-0.15, -0.1) is 0 Å². The van der Waals surface area contributed by atoms with E-state index < -0.39 is 16.5 Å². The molecule has 0 unspecified atom stereocenters. The second-order valence-corrected chi connectivity index (χ2v) is 2.80. The Morgan fingerprint density at radius 1 is 1.33 bits per heavy atom. The zero-order valence-electron chi connectivity index (χ0n) is 6.41. The summed E-state index contributed by atoms with van der Waals surface area (Å²) in [7, 11) is -3.29. The molecule has 0 aliphatic carbocycles. The van der Waals surface area contributed by atoms with Gasteiger partial charge >= 0.3 is 10.4 Å². The minimum atomic E-state index is -4.16. The quantitative estimate of drug-likeness (QED) is 0.383. The van der Waals surface area contributed by atoms with E-state index in [-0.39, 0.29) is 13.2 Å². The summed E-state index contributed by atoms with van der Waals surface area (Å²) in [5.41, 5.74) is 0. The van der Waals surface area contributed by atoms with E-state index in [2.05, 4.69) is 4.18 Å². The molecule has 0 heterocycles. The smallest absolute Gasteiger partial charge is 0.394 e. The van der Waals surface area contributed by atoms with Gasteiger partial charge in [0.25, 0.3) is 0 Å². The van der Waals surface area contributed by atoms with Gasteiger partial charge in [-0.25, -0.2) is 0 Å². The van der Waals surface area contributed by atoms with Crippen LogP contribution in [0, 0.1) is 0 Å². The van der Waals surface area contributed by atoms with Crippen LogP contribution in [0.15, 0.2) is 0 Å². The van der Waals surface area contributed by atoms with Crippen LogP contribution in [0.1, 0.15) is 0 Å². The molecule has 0 spiro atoms. The molecular weight excluding hydrogens is 192 g/mol. The van der Waals surface area contributed by atoms with Crippen LogP contribution in [0.5, 0.6) is 0 Å². The zero-order chi connectivity index (χ0) is 10.2. The molecule has 0 aromatic heterocycles. The summed E-state index contributed by atoms with van der Waals surface area (Å²) in [6, 6.07) is 0. The average Bonchev–Trinajstić information content (AvgIpc) is 2.03. The molecule has 7 nitrogen and oxygen atoms in total. The maximum Gasteiger partial charge on any atom is 0.397 e. The number of aliphatic hydroxyl groups is 3.